The van der Waals surface area contributed by atoms with E-state index in [-0.39, 0.29) is 24.0 Å². The van der Waals surface area contributed by atoms with E-state index >= 15 is 0 Å². The number of rotatable bonds is 5. The van der Waals surface area contributed by atoms with Gasteiger partial charge in [0.2, 0.25) is 0 Å². The zero-order chi connectivity index (χ0) is 14.2. The number of hydrogen-bond acceptors (Lipinski definition) is 2. The molecule has 0 bridgehead atoms. The Morgan fingerprint density at radius 3 is 2.76 bits per heavy atom. The van der Waals surface area contributed by atoms with Crippen molar-refractivity contribution in [2.45, 2.75) is 32.4 Å². The number of guanidine groups is 1. The highest BCUT2D eigenvalue weighted by Gasteiger charge is 2.15. The van der Waals surface area contributed by atoms with Crippen LogP contribution in [0.15, 0.2) is 35.3 Å². The fraction of sp³-hybridized carbons (Fsp3) is 0.562. The quantitative estimate of drug-likeness (QED) is 0.467. The Kier molecular flexibility index (Phi) is 8.68. The zero-order valence-electron chi connectivity index (χ0n) is 12.9. The van der Waals surface area contributed by atoms with Crippen molar-refractivity contribution < 1.29 is 4.74 Å². The second-order valence-corrected chi connectivity index (χ2v) is 5.17. The second-order valence-electron chi connectivity index (χ2n) is 5.17. The summed E-state index contributed by atoms with van der Waals surface area (Å²) < 4.78 is 5.63. The molecule has 1 heterocycles. The lowest BCUT2D eigenvalue weighted by Gasteiger charge is -2.22. The topological polar surface area (TPSA) is 36.9 Å². The fourth-order valence-corrected chi connectivity index (χ4v) is 2.38. The van der Waals surface area contributed by atoms with Crippen LogP contribution in [-0.4, -0.2) is 43.7 Å². The lowest BCUT2D eigenvalue weighted by Crippen LogP contribution is -2.39. The largest absolute Gasteiger partial charge is 0.376 e. The van der Waals surface area contributed by atoms with E-state index in [1.807, 2.05) is 6.07 Å². The summed E-state index contributed by atoms with van der Waals surface area (Å²) in [6.45, 7) is 5.47. The van der Waals surface area contributed by atoms with E-state index in [1.54, 1.807) is 0 Å². The van der Waals surface area contributed by atoms with Gasteiger partial charge in [-0.2, -0.15) is 0 Å². The van der Waals surface area contributed by atoms with E-state index < -0.39 is 0 Å². The van der Waals surface area contributed by atoms with Gasteiger partial charge in [-0.1, -0.05) is 30.3 Å². The van der Waals surface area contributed by atoms with Crippen molar-refractivity contribution in [3.63, 3.8) is 0 Å². The number of aliphatic imine (C=N–C) groups is 1. The average molecular weight is 403 g/mol. The monoisotopic (exact) mass is 403 g/mol. The minimum Gasteiger partial charge on any atom is -0.376 e. The standard InChI is InChI=1S/C16H25N3O.HI/c1-3-17-16(18-12-15-10-7-11-20-15)19(2)13-14-8-5-4-6-9-14;/h4-6,8-9,15H,3,7,10-13H2,1-2H3,(H,17,18);1H. The van der Waals surface area contributed by atoms with E-state index in [4.69, 9.17) is 9.73 Å². The Morgan fingerprint density at radius 2 is 2.14 bits per heavy atom. The van der Waals surface area contributed by atoms with Gasteiger partial charge in [-0.15, -0.1) is 24.0 Å². The highest BCUT2D eigenvalue weighted by atomic mass is 127. The molecule has 1 unspecified atom stereocenters. The third-order valence-electron chi connectivity index (χ3n) is 3.43. The molecule has 1 saturated heterocycles. The van der Waals surface area contributed by atoms with Crippen LogP contribution in [0.25, 0.3) is 0 Å². The number of hydrogen-bond donors (Lipinski definition) is 1. The summed E-state index contributed by atoms with van der Waals surface area (Å²) in [6.07, 6.45) is 2.59. The molecule has 118 valence electrons. The smallest absolute Gasteiger partial charge is 0.194 e. The zero-order valence-corrected chi connectivity index (χ0v) is 15.2. The van der Waals surface area contributed by atoms with Gasteiger partial charge < -0.3 is 15.0 Å². The van der Waals surface area contributed by atoms with Crippen LogP contribution in [-0.2, 0) is 11.3 Å². The summed E-state index contributed by atoms with van der Waals surface area (Å²) in [7, 11) is 2.07. The maximum absolute atomic E-state index is 5.63. The van der Waals surface area contributed by atoms with Crippen molar-refractivity contribution in [1.82, 2.24) is 10.2 Å². The molecule has 0 spiro atoms. The lowest BCUT2D eigenvalue weighted by atomic mass is 10.2. The molecule has 4 nitrogen and oxygen atoms in total. The number of nitrogens with zero attached hydrogens (tertiary/aromatic N) is 2. The molecule has 1 aromatic carbocycles. The van der Waals surface area contributed by atoms with Crippen LogP contribution < -0.4 is 5.32 Å². The molecule has 1 aliphatic rings. The SMILES string of the molecule is CCNC(=NCC1CCCO1)N(C)Cc1ccccc1.I. The minimum absolute atomic E-state index is 0. The van der Waals surface area contributed by atoms with Gasteiger partial charge >= 0.3 is 0 Å². The van der Waals surface area contributed by atoms with Crippen molar-refractivity contribution in [3.8, 4) is 0 Å². The van der Waals surface area contributed by atoms with Crippen LogP contribution in [0.1, 0.15) is 25.3 Å². The Labute approximate surface area is 145 Å². The van der Waals surface area contributed by atoms with Gasteiger partial charge in [-0.25, -0.2) is 0 Å². The molecule has 21 heavy (non-hydrogen) atoms. The molecule has 1 atom stereocenters. The first-order valence-electron chi connectivity index (χ1n) is 7.44. The fourth-order valence-electron chi connectivity index (χ4n) is 2.38. The summed E-state index contributed by atoms with van der Waals surface area (Å²) in [5.74, 6) is 0.951. The molecule has 0 amide bonds. The molecule has 5 heteroatoms. The minimum atomic E-state index is 0. The van der Waals surface area contributed by atoms with Gasteiger partial charge in [-0.05, 0) is 25.3 Å². The summed E-state index contributed by atoms with van der Waals surface area (Å²) in [5, 5.41) is 3.35. The molecular formula is C16H26IN3O. The van der Waals surface area contributed by atoms with Crippen molar-refractivity contribution in [3.05, 3.63) is 35.9 Å². The van der Waals surface area contributed by atoms with Crippen molar-refractivity contribution in [2.24, 2.45) is 4.99 Å². The van der Waals surface area contributed by atoms with Gasteiger partial charge in [0, 0.05) is 26.7 Å². The van der Waals surface area contributed by atoms with Gasteiger partial charge in [-0.3, -0.25) is 4.99 Å². The van der Waals surface area contributed by atoms with Crippen LogP contribution in [0, 0.1) is 0 Å². The van der Waals surface area contributed by atoms with Gasteiger partial charge in [0.05, 0.1) is 12.6 Å². The summed E-state index contributed by atoms with van der Waals surface area (Å²) in [5.41, 5.74) is 1.29. The van der Waals surface area contributed by atoms with Gasteiger partial charge in [0.15, 0.2) is 5.96 Å². The third-order valence-corrected chi connectivity index (χ3v) is 3.43. The summed E-state index contributed by atoms with van der Waals surface area (Å²) >= 11 is 0. The molecule has 0 radical (unpaired) electrons. The Bertz CT molecular complexity index is 419. The van der Waals surface area contributed by atoms with E-state index in [0.717, 1.165) is 45.0 Å². The van der Waals surface area contributed by atoms with Crippen LogP contribution in [0.3, 0.4) is 0 Å². The van der Waals surface area contributed by atoms with Crippen molar-refractivity contribution >= 4 is 29.9 Å². The predicted octanol–water partition coefficient (Wildman–Crippen LogP) is 2.88. The number of halogens is 1. The highest BCUT2D eigenvalue weighted by Crippen LogP contribution is 2.12. The molecule has 0 aliphatic carbocycles. The first-order chi connectivity index (χ1) is 9.79. The first-order valence-corrected chi connectivity index (χ1v) is 7.44. The lowest BCUT2D eigenvalue weighted by molar-refractivity contribution is 0.117. The third kappa shape index (κ3) is 6.22. The van der Waals surface area contributed by atoms with Crippen LogP contribution >= 0.6 is 24.0 Å². The maximum Gasteiger partial charge on any atom is 0.194 e. The van der Waals surface area contributed by atoms with Crippen molar-refractivity contribution in [2.75, 3.05) is 26.7 Å². The molecule has 1 aromatic rings. The normalized spacial score (nSPS) is 18.2. The van der Waals surface area contributed by atoms with Gasteiger partial charge in [0.1, 0.15) is 0 Å². The van der Waals surface area contributed by atoms with E-state index in [2.05, 4.69) is 48.5 Å². The maximum atomic E-state index is 5.63. The molecule has 1 N–H and O–H groups in total. The van der Waals surface area contributed by atoms with Crippen LogP contribution in [0.5, 0.6) is 0 Å². The van der Waals surface area contributed by atoms with Gasteiger partial charge in [0.25, 0.3) is 0 Å². The predicted molar refractivity (Wildman–Crippen MR) is 98.3 cm³/mol. The van der Waals surface area contributed by atoms with Crippen LogP contribution in [0.4, 0.5) is 0 Å². The van der Waals surface area contributed by atoms with Crippen molar-refractivity contribution in [1.29, 1.82) is 0 Å². The number of ether oxygens (including phenoxy) is 1. The molecule has 0 saturated carbocycles. The summed E-state index contributed by atoms with van der Waals surface area (Å²) in [6, 6.07) is 10.5. The van der Waals surface area contributed by atoms with E-state index in [0.29, 0.717) is 6.10 Å². The van der Waals surface area contributed by atoms with E-state index in [1.165, 1.54) is 5.56 Å². The van der Waals surface area contributed by atoms with Crippen LogP contribution in [0.2, 0.25) is 0 Å². The first kappa shape index (κ1) is 18.2. The molecule has 1 fully saturated rings. The number of nitrogens with one attached hydrogen (secondary N) is 1. The Balaban J connectivity index is 0.00000220. The Morgan fingerprint density at radius 1 is 1.38 bits per heavy atom. The average Bonchev–Trinajstić information content (AvgIpc) is 2.97. The summed E-state index contributed by atoms with van der Waals surface area (Å²) in [4.78, 5) is 6.86. The second kappa shape index (κ2) is 10.00. The molecular weight excluding hydrogens is 377 g/mol. The highest BCUT2D eigenvalue weighted by molar-refractivity contribution is 14.0. The number of benzene rings is 1. The molecule has 1 aliphatic heterocycles. The molecule has 0 aromatic heterocycles. The molecule has 2 rings (SSSR count). The Hall–Kier alpha value is -0.820. The van der Waals surface area contributed by atoms with E-state index in [9.17, 15) is 0 Å².